The van der Waals surface area contributed by atoms with E-state index in [4.69, 9.17) is 9.82 Å². The van der Waals surface area contributed by atoms with Gasteiger partial charge in [-0.1, -0.05) is 60.7 Å². The molecular formula is C27H20N2O. The third-order valence-corrected chi connectivity index (χ3v) is 5.76. The molecule has 6 rings (SSSR count). The molecular weight excluding hydrogens is 368 g/mol. The molecule has 0 radical (unpaired) electrons. The molecule has 0 amide bonds. The Morgan fingerprint density at radius 2 is 1.27 bits per heavy atom. The van der Waals surface area contributed by atoms with Crippen molar-refractivity contribution in [1.82, 2.24) is 9.71 Å². The van der Waals surface area contributed by atoms with Gasteiger partial charge < -0.3 is 4.84 Å². The molecule has 144 valence electrons. The number of benzene rings is 4. The van der Waals surface area contributed by atoms with Crippen molar-refractivity contribution in [3.8, 4) is 11.1 Å². The van der Waals surface area contributed by atoms with Crippen molar-refractivity contribution in [2.45, 2.75) is 6.92 Å². The van der Waals surface area contributed by atoms with Gasteiger partial charge in [-0.15, -0.1) is 0 Å². The number of aromatic nitrogens is 2. The quantitative estimate of drug-likeness (QED) is 0.319. The Kier molecular flexibility index (Phi) is 3.75. The lowest BCUT2D eigenvalue weighted by Gasteiger charge is -2.12. The summed E-state index contributed by atoms with van der Waals surface area (Å²) in [4.78, 5) is 10.8. The molecule has 0 fully saturated rings. The molecule has 0 bridgehead atoms. The SMILES string of the molecule is CCOn1c2ccccc2c2cc(-c3c4ccccc4nc4ccccc34)ccc21. The van der Waals surface area contributed by atoms with Crippen LogP contribution in [0.2, 0.25) is 0 Å². The van der Waals surface area contributed by atoms with E-state index in [0.717, 1.165) is 22.1 Å². The lowest BCUT2D eigenvalue weighted by atomic mass is 9.95. The highest BCUT2D eigenvalue weighted by molar-refractivity contribution is 6.13. The first-order chi connectivity index (χ1) is 14.8. The van der Waals surface area contributed by atoms with Crippen LogP contribution in [0.4, 0.5) is 0 Å². The third kappa shape index (κ3) is 2.42. The molecule has 0 atom stereocenters. The van der Waals surface area contributed by atoms with Crippen LogP contribution >= 0.6 is 0 Å². The van der Waals surface area contributed by atoms with E-state index in [1.165, 1.54) is 32.7 Å². The summed E-state index contributed by atoms with van der Waals surface area (Å²) in [5.41, 5.74) is 6.63. The Morgan fingerprint density at radius 1 is 0.667 bits per heavy atom. The highest BCUT2D eigenvalue weighted by atomic mass is 16.7. The molecule has 0 aliphatic carbocycles. The molecule has 0 aliphatic heterocycles. The van der Waals surface area contributed by atoms with E-state index in [0.29, 0.717) is 6.61 Å². The van der Waals surface area contributed by atoms with Crippen LogP contribution in [-0.4, -0.2) is 16.3 Å². The average Bonchev–Trinajstić information content (AvgIpc) is 3.11. The summed E-state index contributed by atoms with van der Waals surface area (Å²) >= 11 is 0. The number of pyridine rings is 1. The highest BCUT2D eigenvalue weighted by Gasteiger charge is 2.15. The van der Waals surface area contributed by atoms with E-state index in [2.05, 4.69) is 78.9 Å². The minimum absolute atomic E-state index is 0.620. The van der Waals surface area contributed by atoms with Crippen molar-refractivity contribution in [3.63, 3.8) is 0 Å². The van der Waals surface area contributed by atoms with E-state index in [-0.39, 0.29) is 0 Å². The number of hydrogen-bond donors (Lipinski definition) is 0. The molecule has 0 saturated carbocycles. The Morgan fingerprint density at radius 3 is 1.97 bits per heavy atom. The van der Waals surface area contributed by atoms with Gasteiger partial charge in [0.25, 0.3) is 0 Å². The molecule has 3 heteroatoms. The normalized spacial score (nSPS) is 11.6. The molecule has 6 aromatic rings. The minimum Gasteiger partial charge on any atom is -0.414 e. The second-order valence-electron chi connectivity index (χ2n) is 7.48. The molecule has 0 unspecified atom stereocenters. The highest BCUT2D eigenvalue weighted by Crippen LogP contribution is 2.38. The fourth-order valence-electron chi connectivity index (χ4n) is 4.51. The summed E-state index contributed by atoms with van der Waals surface area (Å²) in [5, 5.41) is 4.74. The van der Waals surface area contributed by atoms with Crippen molar-refractivity contribution >= 4 is 43.6 Å². The van der Waals surface area contributed by atoms with Gasteiger partial charge in [0.2, 0.25) is 0 Å². The monoisotopic (exact) mass is 388 g/mol. The largest absolute Gasteiger partial charge is 0.414 e. The van der Waals surface area contributed by atoms with Gasteiger partial charge in [0.15, 0.2) is 0 Å². The van der Waals surface area contributed by atoms with Crippen LogP contribution in [0.15, 0.2) is 91.0 Å². The Balaban J connectivity index is 1.73. The van der Waals surface area contributed by atoms with Crippen LogP contribution in [-0.2, 0) is 0 Å². The fourth-order valence-corrected chi connectivity index (χ4v) is 4.51. The molecule has 0 N–H and O–H groups in total. The predicted molar refractivity (Wildman–Crippen MR) is 125 cm³/mol. The van der Waals surface area contributed by atoms with E-state index in [9.17, 15) is 0 Å². The Labute approximate surface area is 174 Å². The first kappa shape index (κ1) is 17.0. The van der Waals surface area contributed by atoms with Crippen LogP contribution in [0, 0.1) is 0 Å². The van der Waals surface area contributed by atoms with Gasteiger partial charge in [0, 0.05) is 27.1 Å². The van der Waals surface area contributed by atoms with Gasteiger partial charge in [-0.3, -0.25) is 0 Å². The Bertz CT molecular complexity index is 1510. The van der Waals surface area contributed by atoms with E-state index in [1.807, 2.05) is 23.8 Å². The fraction of sp³-hybridized carbons (Fsp3) is 0.0741. The van der Waals surface area contributed by atoms with Crippen molar-refractivity contribution in [2.75, 3.05) is 6.61 Å². The second-order valence-corrected chi connectivity index (χ2v) is 7.48. The molecule has 2 heterocycles. The van der Waals surface area contributed by atoms with Gasteiger partial charge in [0.1, 0.15) is 6.61 Å². The lowest BCUT2D eigenvalue weighted by Crippen LogP contribution is -2.09. The van der Waals surface area contributed by atoms with Crippen molar-refractivity contribution in [1.29, 1.82) is 0 Å². The van der Waals surface area contributed by atoms with Crippen LogP contribution in [0.25, 0.3) is 54.7 Å². The standard InChI is InChI=1S/C27H20N2O/c1-2-30-29-25-14-8-5-9-19(25)22-17-18(15-16-26(22)29)27-20-10-3-6-12-23(20)28-24-13-7-4-11-21(24)27/h3-17H,2H2,1H3. The number of rotatable bonds is 3. The van der Waals surface area contributed by atoms with Gasteiger partial charge >= 0.3 is 0 Å². The van der Waals surface area contributed by atoms with Crippen LogP contribution < -0.4 is 4.84 Å². The summed E-state index contributed by atoms with van der Waals surface area (Å²) in [6.07, 6.45) is 0. The summed E-state index contributed by atoms with van der Waals surface area (Å²) in [6, 6.07) is 31.9. The van der Waals surface area contributed by atoms with Crippen molar-refractivity contribution in [2.24, 2.45) is 0 Å². The second kappa shape index (κ2) is 6.60. The smallest absolute Gasteiger partial charge is 0.112 e. The van der Waals surface area contributed by atoms with E-state index >= 15 is 0 Å². The predicted octanol–water partition coefficient (Wildman–Crippen LogP) is 6.61. The summed E-state index contributed by atoms with van der Waals surface area (Å²) in [5.74, 6) is 0. The summed E-state index contributed by atoms with van der Waals surface area (Å²) < 4.78 is 1.96. The van der Waals surface area contributed by atoms with Gasteiger partial charge in [-0.2, -0.15) is 4.73 Å². The molecule has 3 nitrogen and oxygen atoms in total. The van der Waals surface area contributed by atoms with E-state index in [1.54, 1.807) is 0 Å². The molecule has 2 aromatic heterocycles. The maximum Gasteiger partial charge on any atom is 0.112 e. The molecule has 0 saturated heterocycles. The van der Waals surface area contributed by atoms with Gasteiger partial charge in [0.05, 0.1) is 22.1 Å². The lowest BCUT2D eigenvalue weighted by molar-refractivity contribution is 0.142. The van der Waals surface area contributed by atoms with Crippen LogP contribution in [0.3, 0.4) is 0 Å². The first-order valence-electron chi connectivity index (χ1n) is 10.3. The zero-order chi connectivity index (χ0) is 20.1. The van der Waals surface area contributed by atoms with E-state index < -0.39 is 0 Å². The Hall–Kier alpha value is -3.85. The minimum atomic E-state index is 0.620. The average molecular weight is 388 g/mol. The first-order valence-corrected chi connectivity index (χ1v) is 10.3. The zero-order valence-electron chi connectivity index (χ0n) is 16.7. The molecule has 30 heavy (non-hydrogen) atoms. The topological polar surface area (TPSA) is 27.1 Å². The van der Waals surface area contributed by atoms with Crippen LogP contribution in [0.5, 0.6) is 0 Å². The summed E-state index contributed by atoms with van der Waals surface area (Å²) in [7, 11) is 0. The molecule has 0 spiro atoms. The maximum absolute atomic E-state index is 5.97. The summed E-state index contributed by atoms with van der Waals surface area (Å²) in [6.45, 7) is 2.64. The van der Waals surface area contributed by atoms with Crippen molar-refractivity contribution in [3.05, 3.63) is 91.0 Å². The van der Waals surface area contributed by atoms with Gasteiger partial charge in [-0.05, 0) is 42.8 Å². The maximum atomic E-state index is 5.97. The van der Waals surface area contributed by atoms with Gasteiger partial charge in [-0.25, -0.2) is 4.98 Å². The molecule has 0 aliphatic rings. The number of hydrogen-bond acceptors (Lipinski definition) is 2. The number of nitrogens with zero attached hydrogens (tertiary/aromatic N) is 2. The number of para-hydroxylation sites is 3. The third-order valence-electron chi connectivity index (χ3n) is 5.76. The molecule has 4 aromatic carbocycles. The van der Waals surface area contributed by atoms with Crippen LogP contribution in [0.1, 0.15) is 6.92 Å². The zero-order valence-corrected chi connectivity index (χ0v) is 16.7. The number of fused-ring (bicyclic) bond motifs is 5. The van der Waals surface area contributed by atoms with Crippen molar-refractivity contribution < 1.29 is 4.84 Å².